The van der Waals surface area contributed by atoms with Gasteiger partial charge in [-0.1, -0.05) is 47.8 Å². The van der Waals surface area contributed by atoms with Gasteiger partial charge in [-0.25, -0.2) is 0 Å². The molecular weight excluding hydrogens is 348 g/mol. The van der Waals surface area contributed by atoms with E-state index >= 15 is 0 Å². The van der Waals surface area contributed by atoms with Crippen molar-refractivity contribution in [1.82, 2.24) is 9.47 Å². The molecule has 25 heavy (non-hydrogen) atoms. The summed E-state index contributed by atoms with van der Waals surface area (Å²) in [7, 11) is 0. The number of nitrogens with zero attached hydrogens (tertiary/aromatic N) is 2. The maximum atomic E-state index is 12.5. The van der Waals surface area contributed by atoms with E-state index in [2.05, 4.69) is 62.2 Å². The Bertz CT molecular complexity index is 891. The van der Waals surface area contributed by atoms with E-state index in [1.165, 1.54) is 17.3 Å². The highest BCUT2D eigenvalue weighted by molar-refractivity contribution is 8.26. The Balaban J connectivity index is 1.99. The Kier molecular flexibility index (Phi) is 4.97. The van der Waals surface area contributed by atoms with Crippen LogP contribution in [-0.4, -0.2) is 26.2 Å². The van der Waals surface area contributed by atoms with Crippen molar-refractivity contribution in [2.45, 2.75) is 20.8 Å². The molecule has 1 saturated heterocycles. The van der Waals surface area contributed by atoms with Crippen LogP contribution in [-0.2, 0) is 4.79 Å². The molecule has 0 saturated carbocycles. The Morgan fingerprint density at radius 2 is 1.88 bits per heavy atom. The number of amides is 1. The predicted molar refractivity (Wildman–Crippen MR) is 110 cm³/mol. The molecule has 1 aliphatic rings. The third-order valence-corrected chi connectivity index (χ3v) is 5.61. The summed E-state index contributed by atoms with van der Waals surface area (Å²) in [6.07, 6.45) is 3.63. The molecule has 0 N–H and O–H groups in total. The minimum Gasteiger partial charge on any atom is -0.318 e. The average molecular weight is 369 g/mol. The summed E-state index contributed by atoms with van der Waals surface area (Å²) in [5.41, 5.74) is 5.64. The quantitative estimate of drug-likeness (QED) is 0.441. The molecule has 1 aromatic heterocycles. The van der Waals surface area contributed by atoms with Crippen LogP contribution in [0.1, 0.15) is 22.5 Å². The summed E-state index contributed by atoms with van der Waals surface area (Å²) in [4.78, 5) is 14.8. The average Bonchev–Trinajstić information content (AvgIpc) is 3.00. The van der Waals surface area contributed by atoms with Gasteiger partial charge in [-0.15, -0.1) is 6.58 Å². The van der Waals surface area contributed by atoms with Crippen molar-refractivity contribution in [2.75, 3.05) is 6.54 Å². The molecule has 1 amide bonds. The van der Waals surface area contributed by atoms with Crippen LogP contribution in [0.5, 0.6) is 0 Å². The second-order valence-corrected chi connectivity index (χ2v) is 7.75. The summed E-state index contributed by atoms with van der Waals surface area (Å²) in [5, 5.41) is 0. The number of thiocarbonyl (C=S) groups is 1. The van der Waals surface area contributed by atoms with Crippen LogP contribution in [0.25, 0.3) is 11.8 Å². The van der Waals surface area contributed by atoms with Gasteiger partial charge in [-0.05, 0) is 50.6 Å². The molecule has 0 aliphatic carbocycles. The van der Waals surface area contributed by atoms with Gasteiger partial charge in [0.15, 0.2) is 0 Å². The highest BCUT2D eigenvalue weighted by atomic mass is 32.2. The number of carbonyl (C=O) groups is 1. The van der Waals surface area contributed by atoms with Crippen LogP contribution in [0.15, 0.2) is 47.9 Å². The van der Waals surface area contributed by atoms with E-state index in [4.69, 9.17) is 12.2 Å². The highest BCUT2D eigenvalue weighted by Crippen LogP contribution is 2.33. The van der Waals surface area contributed by atoms with E-state index in [9.17, 15) is 4.79 Å². The summed E-state index contributed by atoms with van der Waals surface area (Å²) >= 11 is 6.65. The van der Waals surface area contributed by atoms with Gasteiger partial charge < -0.3 is 4.57 Å². The fourth-order valence-corrected chi connectivity index (χ4v) is 4.22. The maximum Gasteiger partial charge on any atom is 0.266 e. The topological polar surface area (TPSA) is 25.2 Å². The van der Waals surface area contributed by atoms with Gasteiger partial charge >= 0.3 is 0 Å². The molecule has 0 bridgehead atoms. The summed E-state index contributed by atoms with van der Waals surface area (Å²) < 4.78 is 2.79. The Labute approximate surface area is 158 Å². The SMILES string of the molecule is C=CCN1C(=O)/C(=C\c2cc(C)n(-c3ccc(C)cc3)c2C)SC1=S. The van der Waals surface area contributed by atoms with E-state index in [1.54, 1.807) is 11.0 Å². The Morgan fingerprint density at radius 3 is 2.52 bits per heavy atom. The van der Waals surface area contributed by atoms with Crippen molar-refractivity contribution < 1.29 is 4.79 Å². The van der Waals surface area contributed by atoms with E-state index in [0.717, 1.165) is 22.6 Å². The molecule has 2 aromatic rings. The maximum absolute atomic E-state index is 12.5. The zero-order valence-corrected chi connectivity index (χ0v) is 16.2. The van der Waals surface area contributed by atoms with E-state index in [0.29, 0.717) is 15.8 Å². The molecule has 1 aromatic carbocycles. The molecule has 2 heterocycles. The fourth-order valence-electron chi connectivity index (χ4n) is 2.95. The summed E-state index contributed by atoms with van der Waals surface area (Å²) in [6.45, 7) is 10.4. The van der Waals surface area contributed by atoms with Gasteiger partial charge in [-0.3, -0.25) is 9.69 Å². The van der Waals surface area contributed by atoms with Gasteiger partial charge in [0.2, 0.25) is 0 Å². The van der Waals surface area contributed by atoms with Crippen molar-refractivity contribution in [2.24, 2.45) is 0 Å². The first-order valence-electron chi connectivity index (χ1n) is 8.04. The molecule has 0 atom stereocenters. The lowest BCUT2D eigenvalue weighted by Gasteiger charge is -2.10. The second-order valence-electron chi connectivity index (χ2n) is 6.08. The predicted octanol–water partition coefficient (Wildman–Crippen LogP) is 4.79. The molecular formula is C20H20N2OS2. The monoisotopic (exact) mass is 368 g/mol. The van der Waals surface area contributed by atoms with Crippen LogP contribution in [0.4, 0.5) is 0 Å². The van der Waals surface area contributed by atoms with E-state index in [-0.39, 0.29) is 5.91 Å². The minimum absolute atomic E-state index is 0.0463. The molecule has 1 fully saturated rings. The molecule has 0 radical (unpaired) electrons. The zero-order chi connectivity index (χ0) is 18.1. The van der Waals surface area contributed by atoms with Crippen molar-refractivity contribution in [3.8, 4) is 5.69 Å². The van der Waals surface area contributed by atoms with Gasteiger partial charge in [-0.2, -0.15) is 0 Å². The first-order chi connectivity index (χ1) is 11.9. The van der Waals surface area contributed by atoms with Crippen LogP contribution < -0.4 is 0 Å². The van der Waals surface area contributed by atoms with Gasteiger partial charge in [0, 0.05) is 23.6 Å². The number of rotatable bonds is 4. The number of thioether (sulfide) groups is 1. The van der Waals surface area contributed by atoms with Crippen LogP contribution in [0, 0.1) is 20.8 Å². The lowest BCUT2D eigenvalue weighted by atomic mass is 10.2. The van der Waals surface area contributed by atoms with Crippen molar-refractivity contribution in [3.05, 3.63) is 70.4 Å². The van der Waals surface area contributed by atoms with Gasteiger partial charge in [0.05, 0.1) is 4.91 Å². The normalized spacial score (nSPS) is 16.1. The van der Waals surface area contributed by atoms with E-state index < -0.39 is 0 Å². The number of carbonyl (C=O) groups excluding carboxylic acids is 1. The second kappa shape index (κ2) is 7.02. The molecule has 3 rings (SSSR count). The third-order valence-electron chi connectivity index (χ3n) is 4.23. The fraction of sp³-hybridized carbons (Fsp3) is 0.200. The minimum atomic E-state index is -0.0463. The first kappa shape index (κ1) is 17.7. The van der Waals surface area contributed by atoms with Crippen molar-refractivity contribution in [3.63, 3.8) is 0 Å². The standard InChI is InChI=1S/C20H20N2OS2/c1-5-10-21-19(23)18(25-20(21)24)12-16-11-14(3)22(15(16)4)17-8-6-13(2)7-9-17/h5-9,11-12H,1,10H2,2-4H3/b18-12+. The van der Waals surface area contributed by atoms with Crippen molar-refractivity contribution in [1.29, 1.82) is 0 Å². The van der Waals surface area contributed by atoms with Crippen molar-refractivity contribution >= 4 is 40.3 Å². The zero-order valence-electron chi connectivity index (χ0n) is 14.6. The number of aromatic nitrogens is 1. The Hall–Kier alpha value is -2.11. The van der Waals surface area contributed by atoms with E-state index in [1.807, 2.05) is 6.08 Å². The third kappa shape index (κ3) is 3.34. The molecule has 0 spiro atoms. The highest BCUT2D eigenvalue weighted by Gasteiger charge is 2.31. The lowest BCUT2D eigenvalue weighted by molar-refractivity contribution is -0.121. The summed E-state index contributed by atoms with van der Waals surface area (Å²) in [5.74, 6) is -0.0463. The van der Waals surface area contributed by atoms with Crippen LogP contribution >= 0.6 is 24.0 Å². The van der Waals surface area contributed by atoms with Gasteiger partial charge in [0.25, 0.3) is 5.91 Å². The molecule has 3 nitrogen and oxygen atoms in total. The molecule has 128 valence electrons. The Morgan fingerprint density at radius 1 is 1.20 bits per heavy atom. The number of hydrogen-bond acceptors (Lipinski definition) is 3. The number of hydrogen-bond donors (Lipinski definition) is 0. The first-order valence-corrected chi connectivity index (χ1v) is 9.27. The summed E-state index contributed by atoms with van der Waals surface area (Å²) in [6, 6.07) is 10.5. The number of aryl methyl sites for hydroxylation is 2. The lowest BCUT2D eigenvalue weighted by Crippen LogP contribution is -2.27. The molecule has 1 aliphatic heterocycles. The smallest absolute Gasteiger partial charge is 0.266 e. The largest absolute Gasteiger partial charge is 0.318 e. The molecule has 0 unspecified atom stereocenters. The number of benzene rings is 1. The molecule has 5 heteroatoms. The van der Waals surface area contributed by atoms with Gasteiger partial charge in [0.1, 0.15) is 4.32 Å². The van der Waals surface area contributed by atoms with Crippen LogP contribution in [0.2, 0.25) is 0 Å². The van der Waals surface area contributed by atoms with Crippen LogP contribution in [0.3, 0.4) is 0 Å².